The van der Waals surface area contributed by atoms with Crippen LogP contribution < -0.4 is 10.6 Å². The van der Waals surface area contributed by atoms with Gasteiger partial charge in [0.1, 0.15) is 0 Å². The first kappa shape index (κ1) is 16.0. The van der Waals surface area contributed by atoms with Crippen molar-refractivity contribution in [3.8, 4) is 0 Å². The first-order chi connectivity index (χ1) is 9.17. The molecule has 0 radical (unpaired) electrons. The third-order valence-electron chi connectivity index (χ3n) is 3.57. The van der Waals surface area contributed by atoms with Gasteiger partial charge in [0.15, 0.2) is 0 Å². The summed E-state index contributed by atoms with van der Waals surface area (Å²) in [7, 11) is 0. The molecule has 3 nitrogen and oxygen atoms in total. The lowest BCUT2D eigenvalue weighted by Gasteiger charge is -2.25. The van der Waals surface area contributed by atoms with Gasteiger partial charge in [-0.25, -0.2) is 0 Å². The average molecular weight is 264 g/mol. The Hall–Kier alpha value is -1.06. The van der Waals surface area contributed by atoms with Crippen LogP contribution in [0.15, 0.2) is 30.3 Å². The van der Waals surface area contributed by atoms with E-state index in [1.165, 1.54) is 0 Å². The van der Waals surface area contributed by atoms with E-state index >= 15 is 0 Å². The van der Waals surface area contributed by atoms with Gasteiger partial charge in [-0.2, -0.15) is 0 Å². The van der Waals surface area contributed by atoms with Crippen molar-refractivity contribution in [1.82, 2.24) is 5.32 Å². The smallest absolute Gasteiger partial charge is 0.0739 e. The molecule has 2 unspecified atom stereocenters. The van der Waals surface area contributed by atoms with Gasteiger partial charge >= 0.3 is 0 Å². The van der Waals surface area contributed by atoms with Crippen LogP contribution in [0, 0.1) is 0 Å². The predicted octanol–water partition coefficient (Wildman–Crippen LogP) is 3.02. The minimum atomic E-state index is -0.307. The fraction of sp³-hybridized carbons (Fsp3) is 0.625. The standard InChI is InChI=1S/C16H28N2O/c1-4-13(3)17-12-11-15(16(19)5-2)18-14-9-7-6-8-10-14/h6-10,13,15-19H,4-5,11-12H2,1-3H3/t13?,15?,16-/m0/s1. The number of benzene rings is 1. The fourth-order valence-corrected chi connectivity index (χ4v) is 2.02. The second-order valence-corrected chi connectivity index (χ2v) is 5.14. The molecule has 0 aromatic heterocycles. The quantitative estimate of drug-likeness (QED) is 0.642. The molecule has 1 rings (SSSR count). The lowest BCUT2D eigenvalue weighted by Crippen LogP contribution is -2.37. The number of rotatable bonds is 9. The van der Waals surface area contributed by atoms with Gasteiger partial charge in [-0.1, -0.05) is 32.0 Å². The van der Waals surface area contributed by atoms with Gasteiger partial charge in [-0.15, -0.1) is 0 Å². The molecule has 0 fully saturated rings. The van der Waals surface area contributed by atoms with Gasteiger partial charge in [-0.3, -0.25) is 0 Å². The van der Waals surface area contributed by atoms with Gasteiger partial charge in [0.05, 0.1) is 12.1 Å². The normalized spacial score (nSPS) is 15.8. The van der Waals surface area contributed by atoms with Crippen molar-refractivity contribution in [2.75, 3.05) is 11.9 Å². The highest BCUT2D eigenvalue weighted by molar-refractivity contribution is 5.43. The Balaban J connectivity index is 2.48. The fourth-order valence-electron chi connectivity index (χ4n) is 2.02. The molecule has 1 aromatic rings. The maximum Gasteiger partial charge on any atom is 0.0739 e. The topological polar surface area (TPSA) is 44.3 Å². The van der Waals surface area contributed by atoms with Crippen molar-refractivity contribution in [2.45, 2.75) is 58.2 Å². The van der Waals surface area contributed by atoms with Crippen LogP contribution in [0.2, 0.25) is 0 Å². The molecule has 0 saturated carbocycles. The number of aliphatic hydroxyl groups is 1. The summed E-state index contributed by atoms with van der Waals surface area (Å²) >= 11 is 0. The molecule has 0 spiro atoms. The van der Waals surface area contributed by atoms with Gasteiger partial charge < -0.3 is 15.7 Å². The average Bonchev–Trinajstić information content (AvgIpc) is 2.46. The summed E-state index contributed by atoms with van der Waals surface area (Å²) in [5.41, 5.74) is 1.07. The minimum absolute atomic E-state index is 0.101. The zero-order chi connectivity index (χ0) is 14.1. The molecule has 0 bridgehead atoms. The van der Waals surface area contributed by atoms with Crippen molar-refractivity contribution < 1.29 is 5.11 Å². The van der Waals surface area contributed by atoms with Crippen LogP contribution in [-0.4, -0.2) is 29.8 Å². The summed E-state index contributed by atoms with van der Waals surface area (Å²) in [6.45, 7) is 7.32. The molecule has 19 heavy (non-hydrogen) atoms. The molecule has 3 atom stereocenters. The molecular formula is C16H28N2O. The number of hydrogen-bond acceptors (Lipinski definition) is 3. The minimum Gasteiger partial charge on any atom is -0.391 e. The highest BCUT2D eigenvalue weighted by Crippen LogP contribution is 2.13. The third-order valence-corrected chi connectivity index (χ3v) is 3.57. The summed E-state index contributed by atoms with van der Waals surface area (Å²) in [4.78, 5) is 0. The van der Waals surface area contributed by atoms with Gasteiger partial charge in [0.2, 0.25) is 0 Å². The zero-order valence-corrected chi connectivity index (χ0v) is 12.4. The molecule has 0 saturated heterocycles. The number of aliphatic hydroxyl groups excluding tert-OH is 1. The Kier molecular flexibility index (Phi) is 7.53. The highest BCUT2D eigenvalue weighted by Gasteiger charge is 2.17. The Labute approximate surface area is 117 Å². The van der Waals surface area contributed by atoms with Crippen molar-refractivity contribution in [3.05, 3.63) is 30.3 Å². The van der Waals surface area contributed by atoms with Gasteiger partial charge in [-0.05, 0) is 44.9 Å². The molecule has 3 N–H and O–H groups in total. The van der Waals surface area contributed by atoms with Crippen LogP contribution in [0.4, 0.5) is 5.69 Å². The molecule has 0 aliphatic rings. The summed E-state index contributed by atoms with van der Waals surface area (Å²) in [5, 5.41) is 17.0. The Morgan fingerprint density at radius 1 is 1.11 bits per heavy atom. The van der Waals surface area contributed by atoms with Crippen LogP contribution in [0.5, 0.6) is 0 Å². The molecule has 3 heteroatoms. The Morgan fingerprint density at radius 2 is 1.79 bits per heavy atom. The van der Waals surface area contributed by atoms with Gasteiger partial charge in [0.25, 0.3) is 0 Å². The second-order valence-electron chi connectivity index (χ2n) is 5.14. The van der Waals surface area contributed by atoms with E-state index in [0.717, 1.165) is 31.5 Å². The molecule has 0 aliphatic carbocycles. The van der Waals surface area contributed by atoms with E-state index in [-0.39, 0.29) is 12.1 Å². The van der Waals surface area contributed by atoms with E-state index in [4.69, 9.17) is 0 Å². The van der Waals surface area contributed by atoms with Gasteiger partial charge in [0, 0.05) is 11.7 Å². The van der Waals surface area contributed by atoms with Crippen LogP contribution in [0.1, 0.15) is 40.0 Å². The second kappa shape index (κ2) is 8.94. The van der Waals surface area contributed by atoms with Crippen LogP contribution in [0.3, 0.4) is 0 Å². The van der Waals surface area contributed by atoms with Crippen LogP contribution in [0.25, 0.3) is 0 Å². The highest BCUT2D eigenvalue weighted by atomic mass is 16.3. The molecule has 0 amide bonds. The van der Waals surface area contributed by atoms with Crippen LogP contribution in [-0.2, 0) is 0 Å². The van der Waals surface area contributed by atoms with E-state index in [1.807, 2.05) is 37.3 Å². The van der Waals surface area contributed by atoms with E-state index in [0.29, 0.717) is 6.04 Å². The van der Waals surface area contributed by atoms with Crippen molar-refractivity contribution >= 4 is 5.69 Å². The summed E-state index contributed by atoms with van der Waals surface area (Å²) in [5.74, 6) is 0. The molecule has 0 heterocycles. The number of nitrogens with one attached hydrogen (secondary N) is 2. The molecule has 0 aliphatic heterocycles. The molecule has 108 valence electrons. The largest absolute Gasteiger partial charge is 0.391 e. The first-order valence-electron chi connectivity index (χ1n) is 7.40. The van der Waals surface area contributed by atoms with Crippen molar-refractivity contribution in [2.24, 2.45) is 0 Å². The van der Waals surface area contributed by atoms with E-state index in [2.05, 4.69) is 24.5 Å². The molecule has 1 aromatic carbocycles. The van der Waals surface area contributed by atoms with E-state index in [9.17, 15) is 5.11 Å². The summed E-state index contributed by atoms with van der Waals surface area (Å²) in [6, 6.07) is 10.7. The first-order valence-corrected chi connectivity index (χ1v) is 7.40. The maximum absolute atomic E-state index is 10.1. The Bertz CT molecular complexity index is 329. The lowest BCUT2D eigenvalue weighted by atomic mass is 10.0. The number of hydrogen-bond donors (Lipinski definition) is 3. The summed E-state index contributed by atoms with van der Waals surface area (Å²) < 4.78 is 0. The van der Waals surface area contributed by atoms with E-state index in [1.54, 1.807) is 0 Å². The monoisotopic (exact) mass is 264 g/mol. The SMILES string of the molecule is CCC(C)NCCC(Nc1ccccc1)[C@@H](O)CC. The van der Waals surface area contributed by atoms with E-state index < -0.39 is 0 Å². The van der Waals surface area contributed by atoms with Crippen molar-refractivity contribution in [3.63, 3.8) is 0 Å². The molecular weight excluding hydrogens is 236 g/mol. The number of para-hydroxylation sites is 1. The van der Waals surface area contributed by atoms with Crippen LogP contribution >= 0.6 is 0 Å². The predicted molar refractivity (Wildman–Crippen MR) is 82.5 cm³/mol. The zero-order valence-electron chi connectivity index (χ0n) is 12.4. The lowest BCUT2D eigenvalue weighted by molar-refractivity contribution is 0.143. The van der Waals surface area contributed by atoms with Crippen molar-refractivity contribution in [1.29, 1.82) is 0 Å². The maximum atomic E-state index is 10.1. The third kappa shape index (κ3) is 6.08. The Morgan fingerprint density at radius 3 is 2.37 bits per heavy atom. The summed E-state index contributed by atoms with van der Waals surface area (Å²) in [6.07, 6.45) is 2.52. The number of anilines is 1.